The van der Waals surface area contributed by atoms with E-state index in [1.54, 1.807) is 12.1 Å². The molecule has 0 aromatic heterocycles. The number of nitrogens with zero attached hydrogens (tertiary/aromatic N) is 1. The summed E-state index contributed by atoms with van der Waals surface area (Å²) in [7, 11) is 0. The Morgan fingerprint density at radius 1 is 0.766 bits per heavy atom. The molecular formula is C40H55N3O4. The fourth-order valence-electron chi connectivity index (χ4n) is 8.31. The molecule has 3 fully saturated rings. The van der Waals surface area contributed by atoms with Gasteiger partial charge in [0.05, 0.1) is 23.0 Å². The lowest BCUT2D eigenvalue weighted by atomic mass is 9.71. The highest BCUT2D eigenvalue weighted by molar-refractivity contribution is 5.98. The zero-order valence-electron chi connectivity index (χ0n) is 28.9. The van der Waals surface area contributed by atoms with Crippen LogP contribution in [0.15, 0.2) is 60.7 Å². The number of amides is 2. The van der Waals surface area contributed by atoms with E-state index in [9.17, 15) is 19.2 Å². The lowest BCUT2D eigenvalue weighted by Gasteiger charge is -2.56. The average molecular weight is 642 g/mol. The van der Waals surface area contributed by atoms with E-state index >= 15 is 0 Å². The van der Waals surface area contributed by atoms with Gasteiger partial charge < -0.3 is 15.5 Å². The number of carbonyl (C=O) groups is 4. The molecule has 0 spiro atoms. The Labute approximate surface area is 281 Å². The quantitative estimate of drug-likeness (QED) is 0.250. The van der Waals surface area contributed by atoms with Crippen LogP contribution in [0.4, 0.5) is 0 Å². The molecule has 5 rings (SSSR count). The maximum atomic E-state index is 14.6. The number of ketones is 2. The van der Waals surface area contributed by atoms with Gasteiger partial charge in [0.15, 0.2) is 11.6 Å². The molecule has 5 atom stereocenters. The van der Waals surface area contributed by atoms with Gasteiger partial charge in [-0.15, -0.1) is 0 Å². The Hall–Kier alpha value is -3.32. The van der Waals surface area contributed by atoms with Crippen molar-refractivity contribution < 1.29 is 19.2 Å². The van der Waals surface area contributed by atoms with Crippen LogP contribution >= 0.6 is 0 Å². The fraction of sp³-hybridized carbons (Fsp3) is 0.600. The smallest absolute Gasteiger partial charge is 0.251 e. The van der Waals surface area contributed by atoms with E-state index in [1.165, 1.54) is 12.8 Å². The van der Waals surface area contributed by atoms with Crippen molar-refractivity contribution in [1.29, 1.82) is 0 Å². The van der Waals surface area contributed by atoms with Crippen molar-refractivity contribution in [2.75, 3.05) is 0 Å². The number of carbonyl (C=O) groups excluding carboxylic acids is 4. The molecule has 3 aliphatic rings. The summed E-state index contributed by atoms with van der Waals surface area (Å²) >= 11 is 0. The maximum absolute atomic E-state index is 14.6. The molecule has 0 bridgehead atoms. The first kappa shape index (κ1) is 35.0. The molecule has 1 saturated heterocycles. The van der Waals surface area contributed by atoms with Gasteiger partial charge in [-0.25, -0.2) is 0 Å². The zero-order chi connectivity index (χ0) is 33.6. The van der Waals surface area contributed by atoms with Crippen LogP contribution in [0.1, 0.15) is 133 Å². The topological polar surface area (TPSA) is 95.6 Å². The van der Waals surface area contributed by atoms with Crippen LogP contribution in [-0.2, 0) is 14.4 Å². The summed E-state index contributed by atoms with van der Waals surface area (Å²) in [6.07, 6.45) is 12.3. The van der Waals surface area contributed by atoms with E-state index in [-0.39, 0.29) is 53.7 Å². The van der Waals surface area contributed by atoms with Crippen LogP contribution in [0, 0.1) is 11.8 Å². The van der Waals surface area contributed by atoms with Gasteiger partial charge in [0.25, 0.3) is 5.91 Å². The summed E-state index contributed by atoms with van der Waals surface area (Å²) in [6, 6.07) is 18.2. The first-order valence-corrected chi connectivity index (χ1v) is 18.1. The normalized spacial score (nSPS) is 24.8. The van der Waals surface area contributed by atoms with Gasteiger partial charge in [-0.1, -0.05) is 99.9 Å². The van der Waals surface area contributed by atoms with Crippen LogP contribution in [0.25, 0.3) is 0 Å². The number of β-lactam (4-membered cyclic amide) rings is 1. The number of rotatable bonds is 11. The van der Waals surface area contributed by atoms with Crippen LogP contribution in [-0.4, -0.2) is 51.4 Å². The van der Waals surface area contributed by atoms with Gasteiger partial charge in [0.2, 0.25) is 5.91 Å². The predicted molar refractivity (Wildman–Crippen MR) is 186 cm³/mol. The molecule has 2 aromatic rings. The van der Waals surface area contributed by atoms with Crippen LogP contribution in [0.5, 0.6) is 0 Å². The lowest BCUT2D eigenvalue weighted by Crippen LogP contribution is -2.71. The van der Waals surface area contributed by atoms with Gasteiger partial charge >= 0.3 is 0 Å². The van der Waals surface area contributed by atoms with Crippen LogP contribution in [0.2, 0.25) is 0 Å². The number of benzene rings is 2. The van der Waals surface area contributed by atoms with E-state index in [1.807, 2.05) is 81.1 Å². The molecule has 7 heteroatoms. The Kier molecular flexibility index (Phi) is 11.4. The number of hydrogen-bond donors (Lipinski definition) is 2. The molecule has 2 N–H and O–H groups in total. The maximum Gasteiger partial charge on any atom is 0.251 e. The molecule has 1 aliphatic heterocycles. The Bertz CT molecular complexity index is 1390. The predicted octanol–water partition coefficient (Wildman–Crippen LogP) is 7.35. The van der Waals surface area contributed by atoms with Crippen molar-refractivity contribution in [2.24, 2.45) is 11.8 Å². The summed E-state index contributed by atoms with van der Waals surface area (Å²) in [5.74, 6) is -0.219. The number of fused-ring (bicyclic) bond motifs is 1. The fourth-order valence-corrected chi connectivity index (χ4v) is 8.31. The van der Waals surface area contributed by atoms with Gasteiger partial charge in [-0.2, -0.15) is 0 Å². The molecule has 47 heavy (non-hydrogen) atoms. The third-order valence-corrected chi connectivity index (χ3v) is 11.1. The van der Waals surface area contributed by atoms with Gasteiger partial charge in [-0.3, -0.25) is 19.2 Å². The van der Waals surface area contributed by atoms with Crippen molar-refractivity contribution in [3.05, 3.63) is 71.8 Å². The highest BCUT2D eigenvalue weighted by Crippen LogP contribution is 2.43. The minimum atomic E-state index is -0.936. The molecule has 0 radical (unpaired) electrons. The largest absolute Gasteiger partial charge is 0.345 e. The van der Waals surface area contributed by atoms with E-state index in [0.29, 0.717) is 5.56 Å². The van der Waals surface area contributed by atoms with Crippen molar-refractivity contribution in [2.45, 2.75) is 140 Å². The highest BCUT2D eigenvalue weighted by atomic mass is 16.2. The molecule has 4 unspecified atom stereocenters. The molecular weight excluding hydrogens is 586 g/mol. The summed E-state index contributed by atoms with van der Waals surface area (Å²) < 4.78 is 0. The van der Waals surface area contributed by atoms with Crippen molar-refractivity contribution in [3.63, 3.8) is 0 Å². The number of hydrogen-bond acceptors (Lipinski definition) is 5. The Morgan fingerprint density at radius 3 is 2.00 bits per heavy atom. The molecule has 7 nitrogen and oxygen atoms in total. The highest BCUT2D eigenvalue weighted by Gasteiger charge is 2.56. The number of likely N-dealkylation sites (tertiary alicyclic amines) is 1. The minimum Gasteiger partial charge on any atom is -0.345 e. The average Bonchev–Trinajstić information content (AvgIpc) is 3.03. The zero-order valence-corrected chi connectivity index (χ0v) is 28.9. The van der Waals surface area contributed by atoms with E-state index in [2.05, 4.69) is 10.6 Å². The number of nitrogens with one attached hydrogen (secondary N) is 2. The van der Waals surface area contributed by atoms with Crippen LogP contribution < -0.4 is 10.6 Å². The second-order valence-corrected chi connectivity index (χ2v) is 15.2. The van der Waals surface area contributed by atoms with Gasteiger partial charge in [-0.05, 0) is 71.1 Å². The van der Waals surface area contributed by atoms with Gasteiger partial charge in [0, 0.05) is 30.0 Å². The first-order chi connectivity index (χ1) is 22.5. The second kappa shape index (κ2) is 15.3. The van der Waals surface area contributed by atoms with Crippen molar-refractivity contribution in [1.82, 2.24) is 15.5 Å². The minimum absolute atomic E-state index is 0.0254. The molecule has 2 saturated carbocycles. The monoisotopic (exact) mass is 641 g/mol. The lowest BCUT2D eigenvalue weighted by molar-refractivity contribution is -0.174. The first-order valence-electron chi connectivity index (χ1n) is 18.1. The summed E-state index contributed by atoms with van der Waals surface area (Å²) in [5.41, 5.74) is -0.416. The van der Waals surface area contributed by atoms with Gasteiger partial charge in [0.1, 0.15) is 0 Å². The summed E-state index contributed by atoms with van der Waals surface area (Å²) in [6.45, 7) is 7.71. The molecule has 2 aromatic carbocycles. The Balaban J connectivity index is 1.33. The second-order valence-electron chi connectivity index (χ2n) is 15.2. The van der Waals surface area contributed by atoms with E-state index < -0.39 is 17.1 Å². The Morgan fingerprint density at radius 2 is 1.34 bits per heavy atom. The van der Waals surface area contributed by atoms with Crippen LogP contribution in [0.3, 0.4) is 0 Å². The third kappa shape index (κ3) is 8.05. The molecule has 2 aliphatic carbocycles. The molecule has 2 amide bonds. The molecule has 1 heterocycles. The number of Topliss-reactive ketones (excluding diaryl/α,β-unsaturated/α-hetero) is 2. The standard InChI is InChI=1S/C40H55N3O4/c1-39(2,35(44)27-33(28-19-11-9-12-20-28)41-37(46)29-21-13-10-14-22-29)42-32-25-17-7-5-15-23-30(32)36(45)40(3,4)43-34-26-18-8-6-16-24-31(34)38(43)47/h9-14,19-22,30-34,42H,5-8,15-18,23-27H2,1-4H3,(H,41,46)/t30?,31?,32?,33?,34-/m1/s1. The molecule has 254 valence electrons. The SMILES string of the molecule is CC(C)(NC1CCCCCCC1C(=O)C(C)(C)N1C(=O)C2CCCCCC[C@H]21)C(=O)CC(NC(=O)c1ccccc1)c1ccccc1. The summed E-state index contributed by atoms with van der Waals surface area (Å²) in [4.78, 5) is 57.4. The van der Waals surface area contributed by atoms with Crippen molar-refractivity contribution >= 4 is 23.4 Å². The van der Waals surface area contributed by atoms with Crippen molar-refractivity contribution in [3.8, 4) is 0 Å². The third-order valence-electron chi connectivity index (χ3n) is 11.1. The van der Waals surface area contributed by atoms with E-state index in [0.717, 1.165) is 69.8 Å². The summed E-state index contributed by atoms with van der Waals surface area (Å²) in [5, 5.41) is 6.78. The van der Waals surface area contributed by atoms with E-state index in [4.69, 9.17) is 0 Å².